The molecule has 0 bridgehead atoms. The van der Waals surface area contributed by atoms with Gasteiger partial charge in [-0.15, -0.1) is 4.83 Å². The third-order valence-electron chi connectivity index (χ3n) is 2.93. The molecule has 0 aliphatic carbocycles. The van der Waals surface area contributed by atoms with E-state index < -0.39 is 20.7 Å². The van der Waals surface area contributed by atoms with Crippen LogP contribution in [0.1, 0.15) is 19.3 Å². The first-order valence-electron chi connectivity index (χ1n) is 5.92. The fourth-order valence-corrected chi connectivity index (χ4v) is 3.53. The molecule has 1 aliphatic heterocycles. The fraction of sp³-hybridized carbons (Fsp3) is 0.455. The topological polar surface area (TPSA) is 75.4 Å². The summed E-state index contributed by atoms with van der Waals surface area (Å²) in [6.07, 6.45) is 2.88. The maximum Gasteiger partial charge on any atom is 0.256 e. The lowest BCUT2D eigenvalue weighted by Crippen LogP contribution is -2.45. The Labute approximate surface area is 116 Å². The van der Waals surface area contributed by atoms with Crippen molar-refractivity contribution < 1.29 is 12.8 Å². The van der Waals surface area contributed by atoms with Gasteiger partial charge < -0.3 is 5.73 Å². The van der Waals surface area contributed by atoms with Crippen molar-refractivity contribution in [3.8, 4) is 0 Å². The quantitative estimate of drug-likeness (QED) is 0.834. The molecule has 1 heterocycles. The highest BCUT2D eigenvalue weighted by Crippen LogP contribution is 2.25. The number of hydrogen-bond donors (Lipinski definition) is 2. The monoisotopic (exact) mass is 307 g/mol. The van der Waals surface area contributed by atoms with Gasteiger partial charge in [0.2, 0.25) is 0 Å². The van der Waals surface area contributed by atoms with Gasteiger partial charge >= 0.3 is 0 Å². The van der Waals surface area contributed by atoms with E-state index in [1.165, 1.54) is 6.07 Å². The number of nitrogens with zero attached hydrogens (tertiary/aromatic N) is 1. The van der Waals surface area contributed by atoms with Gasteiger partial charge in [0.15, 0.2) is 5.82 Å². The van der Waals surface area contributed by atoms with Gasteiger partial charge in [0.1, 0.15) is 4.90 Å². The highest BCUT2D eigenvalue weighted by molar-refractivity contribution is 7.89. The predicted octanol–water partition coefficient (Wildman–Crippen LogP) is 1.74. The van der Waals surface area contributed by atoms with Gasteiger partial charge in [0, 0.05) is 18.1 Å². The number of hydrogen-bond acceptors (Lipinski definition) is 4. The third-order valence-corrected chi connectivity index (χ3v) is 4.52. The van der Waals surface area contributed by atoms with Gasteiger partial charge in [-0.25, -0.2) is 17.8 Å². The minimum Gasteiger partial charge on any atom is -0.396 e. The van der Waals surface area contributed by atoms with Crippen LogP contribution in [0.15, 0.2) is 17.0 Å². The molecule has 0 saturated carbocycles. The predicted molar refractivity (Wildman–Crippen MR) is 71.6 cm³/mol. The molecule has 1 aromatic rings. The number of rotatable bonds is 3. The second kappa shape index (κ2) is 5.62. The molecule has 0 unspecified atom stereocenters. The van der Waals surface area contributed by atoms with Gasteiger partial charge in [-0.3, -0.25) is 0 Å². The zero-order valence-electron chi connectivity index (χ0n) is 10.2. The molecule has 2 rings (SSSR count). The average Bonchev–Trinajstić information content (AvgIpc) is 2.34. The highest BCUT2D eigenvalue weighted by atomic mass is 35.5. The molecule has 106 valence electrons. The summed E-state index contributed by atoms with van der Waals surface area (Å²) in [7, 11) is -4.00. The molecule has 19 heavy (non-hydrogen) atoms. The van der Waals surface area contributed by atoms with Crippen LogP contribution < -0.4 is 10.6 Å². The summed E-state index contributed by atoms with van der Waals surface area (Å²) in [6, 6.07) is 2.23. The van der Waals surface area contributed by atoms with Crippen LogP contribution >= 0.6 is 11.6 Å². The number of nitrogen functional groups attached to an aromatic ring is 1. The van der Waals surface area contributed by atoms with E-state index in [0.29, 0.717) is 13.1 Å². The van der Waals surface area contributed by atoms with Crippen LogP contribution in [-0.4, -0.2) is 26.5 Å². The number of anilines is 1. The van der Waals surface area contributed by atoms with E-state index in [0.717, 1.165) is 25.3 Å². The summed E-state index contributed by atoms with van der Waals surface area (Å²) in [5.41, 5.74) is 5.10. The maximum atomic E-state index is 13.8. The molecular formula is C11H15ClFN3O2S. The molecule has 1 saturated heterocycles. The number of piperidine rings is 1. The maximum absolute atomic E-state index is 13.8. The molecule has 0 spiro atoms. The molecule has 0 amide bonds. The Hall–Kier alpha value is -0.890. The number of nitrogens with one attached hydrogen (secondary N) is 1. The lowest BCUT2D eigenvalue weighted by molar-refractivity contribution is 0.199. The van der Waals surface area contributed by atoms with Gasteiger partial charge in [0.25, 0.3) is 10.0 Å². The Morgan fingerprint density at radius 2 is 1.89 bits per heavy atom. The van der Waals surface area contributed by atoms with Gasteiger partial charge in [-0.05, 0) is 25.0 Å². The summed E-state index contributed by atoms with van der Waals surface area (Å²) >= 11 is 5.72. The van der Waals surface area contributed by atoms with Crippen LogP contribution in [-0.2, 0) is 10.0 Å². The van der Waals surface area contributed by atoms with Crippen molar-refractivity contribution in [3.05, 3.63) is 23.0 Å². The summed E-state index contributed by atoms with van der Waals surface area (Å²) in [5, 5.41) is 1.65. The molecule has 0 atom stereocenters. The number of halogens is 2. The molecule has 3 N–H and O–H groups in total. The van der Waals surface area contributed by atoms with E-state index in [2.05, 4.69) is 4.83 Å². The lowest BCUT2D eigenvalue weighted by Gasteiger charge is -2.26. The van der Waals surface area contributed by atoms with E-state index in [9.17, 15) is 12.8 Å². The van der Waals surface area contributed by atoms with Crippen LogP contribution in [0.2, 0.25) is 5.02 Å². The minimum absolute atomic E-state index is 0.0814. The zero-order chi connectivity index (χ0) is 14.0. The number of nitrogens with two attached hydrogens (primary N) is 1. The summed E-state index contributed by atoms with van der Waals surface area (Å²) < 4.78 is 38.0. The molecule has 1 aromatic carbocycles. The van der Waals surface area contributed by atoms with E-state index >= 15 is 0 Å². The van der Waals surface area contributed by atoms with Crippen LogP contribution in [0.5, 0.6) is 0 Å². The van der Waals surface area contributed by atoms with Crippen molar-refractivity contribution in [2.45, 2.75) is 24.2 Å². The first-order chi connectivity index (χ1) is 8.90. The van der Waals surface area contributed by atoms with Gasteiger partial charge in [0.05, 0.1) is 5.69 Å². The zero-order valence-corrected chi connectivity index (χ0v) is 11.8. The highest BCUT2D eigenvalue weighted by Gasteiger charge is 2.24. The Morgan fingerprint density at radius 1 is 1.26 bits per heavy atom. The molecule has 8 heteroatoms. The van der Waals surface area contributed by atoms with Crippen molar-refractivity contribution in [3.63, 3.8) is 0 Å². The largest absolute Gasteiger partial charge is 0.396 e. The Morgan fingerprint density at radius 3 is 2.53 bits per heavy atom. The van der Waals surface area contributed by atoms with E-state index in [1.54, 1.807) is 5.01 Å². The minimum atomic E-state index is -4.00. The molecule has 0 radical (unpaired) electrons. The number of benzene rings is 1. The van der Waals surface area contributed by atoms with E-state index in [-0.39, 0.29) is 10.7 Å². The Bertz CT molecular complexity index is 574. The van der Waals surface area contributed by atoms with Gasteiger partial charge in [-0.1, -0.05) is 18.0 Å². The second-order valence-electron chi connectivity index (χ2n) is 4.45. The van der Waals surface area contributed by atoms with Crippen molar-refractivity contribution in [1.82, 2.24) is 9.84 Å². The second-order valence-corrected chi connectivity index (χ2v) is 6.52. The van der Waals surface area contributed by atoms with Crippen molar-refractivity contribution in [2.24, 2.45) is 0 Å². The van der Waals surface area contributed by atoms with Gasteiger partial charge in [-0.2, -0.15) is 0 Å². The van der Waals surface area contributed by atoms with Crippen molar-refractivity contribution in [1.29, 1.82) is 0 Å². The average molecular weight is 308 g/mol. The van der Waals surface area contributed by atoms with Crippen molar-refractivity contribution in [2.75, 3.05) is 18.8 Å². The van der Waals surface area contributed by atoms with Crippen molar-refractivity contribution >= 4 is 27.3 Å². The van der Waals surface area contributed by atoms with Crippen LogP contribution in [0.4, 0.5) is 10.1 Å². The standard InChI is InChI=1S/C11H15ClFN3O2S/c12-8-6-9(14)11(13)10(7-8)19(17,18)15-16-4-2-1-3-5-16/h6-7,15H,1-5,14H2. The normalized spacial score (nSPS) is 17.6. The number of sulfonamides is 1. The Balaban J connectivity index is 2.28. The van der Waals surface area contributed by atoms with Crippen LogP contribution in [0.25, 0.3) is 0 Å². The van der Waals surface area contributed by atoms with Crippen LogP contribution in [0.3, 0.4) is 0 Å². The van der Waals surface area contributed by atoms with Crippen LogP contribution in [0, 0.1) is 5.82 Å². The molecule has 5 nitrogen and oxygen atoms in total. The molecule has 1 fully saturated rings. The summed E-state index contributed by atoms with van der Waals surface area (Å²) in [6.45, 7) is 1.22. The fourth-order valence-electron chi connectivity index (χ4n) is 1.98. The SMILES string of the molecule is Nc1cc(Cl)cc(S(=O)(=O)NN2CCCCC2)c1F. The van der Waals surface area contributed by atoms with E-state index in [4.69, 9.17) is 17.3 Å². The third kappa shape index (κ3) is 3.36. The number of hydrazine groups is 1. The first-order valence-corrected chi connectivity index (χ1v) is 7.78. The molecule has 1 aliphatic rings. The lowest BCUT2D eigenvalue weighted by atomic mass is 10.2. The smallest absolute Gasteiger partial charge is 0.256 e. The van der Waals surface area contributed by atoms with E-state index in [1.807, 2.05) is 0 Å². The summed E-state index contributed by atoms with van der Waals surface area (Å²) in [4.78, 5) is 1.83. The Kier molecular flexibility index (Phi) is 4.29. The first kappa shape index (κ1) is 14.5. The summed E-state index contributed by atoms with van der Waals surface area (Å²) in [5.74, 6) is -0.978. The molecular weight excluding hydrogens is 293 g/mol. The molecule has 0 aromatic heterocycles.